The van der Waals surface area contributed by atoms with Gasteiger partial charge in [-0.2, -0.15) is 0 Å². The molecule has 132 valence electrons. The van der Waals surface area contributed by atoms with Crippen LogP contribution in [0, 0.1) is 0 Å². The third-order valence-electron chi connectivity index (χ3n) is 4.04. The second-order valence-electron chi connectivity index (χ2n) is 5.80. The first kappa shape index (κ1) is 17.7. The van der Waals surface area contributed by atoms with Gasteiger partial charge in [0.2, 0.25) is 10.0 Å². The normalized spacial score (nSPS) is 16.4. The lowest BCUT2D eigenvalue weighted by Gasteiger charge is -2.28. The van der Waals surface area contributed by atoms with Crippen LogP contribution in [0.25, 0.3) is 0 Å². The summed E-state index contributed by atoms with van der Waals surface area (Å²) in [6, 6.07) is 8.34. The average molecular weight is 380 g/mol. The number of benzene rings is 1. The number of pyridine rings is 1. The van der Waals surface area contributed by atoms with Crippen LogP contribution in [0.2, 0.25) is 5.02 Å². The van der Waals surface area contributed by atoms with Crippen molar-refractivity contribution in [1.29, 1.82) is 0 Å². The van der Waals surface area contributed by atoms with Crippen LogP contribution in [0.3, 0.4) is 0 Å². The van der Waals surface area contributed by atoms with E-state index >= 15 is 0 Å². The number of rotatable bonds is 4. The first-order valence-corrected chi connectivity index (χ1v) is 9.93. The summed E-state index contributed by atoms with van der Waals surface area (Å²) in [6.07, 6.45) is 4.79. The molecule has 0 radical (unpaired) electrons. The first-order valence-electron chi connectivity index (χ1n) is 7.94. The first-order chi connectivity index (χ1) is 12.0. The highest BCUT2D eigenvalue weighted by molar-refractivity contribution is 7.92. The molecule has 0 saturated carbocycles. The Hall–Kier alpha value is -2.12. The summed E-state index contributed by atoms with van der Waals surface area (Å²) in [4.78, 5) is 16.2. The van der Waals surface area contributed by atoms with E-state index in [4.69, 9.17) is 11.6 Å². The molecule has 0 aliphatic carbocycles. The van der Waals surface area contributed by atoms with Gasteiger partial charge in [-0.3, -0.25) is 14.1 Å². The van der Waals surface area contributed by atoms with E-state index in [1.54, 1.807) is 24.5 Å². The van der Waals surface area contributed by atoms with Gasteiger partial charge in [0.05, 0.1) is 22.0 Å². The standard InChI is InChI=1S/C17H18ClN3O3S/c18-16-11-14(21-9-1-2-10-25(21,23)24)3-4-15(16)17(22)20-12-13-5-7-19-8-6-13/h3-8,11H,1-2,9-10,12H2,(H,20,22). The Balaban J connectivity index is 1.74. The second-order valence-corrected chi connectivity index (χ2v) is 8.22. The van der Waals surface area contributed by atoms with Gasteiger partial charge in [-0.1, -0.05) is 11.6 Å². The molecular formula is C17H18ClN3O3S. The highest BCUT2D eigenvalue weighted by atomic mass is 35.5. The lowest BCUT2D eigenvalue weighted by atomic mass is 10.1. The van der Waals surface area contributed by atoms with Crippen LogP contribution in [0.5, 0.6) is 0 Å². The molecule has 6 nitrogen and oxygen atoms in total. The van der Waals surface area contributed by atoms with Crippen molar-refractivity contribution in [2.45, 2.75) is 19.4 Å². The zero-order valence-electron chi connectivity index (χ0n) is 13.5. The van der Waals surface area contributed by atoms with E-state index in [-0.39, 0.29) is 16.7 Å². The van der Waals surface area contributed by atoms with Gasteiger partial charge in [0.15, 0.2) is 0 Å². The predicted octanol–water partition coefficient (Wildman–Crippen LogP) is 2.60. The van der Waals surface area contributed by atoms with Crippen LogP contribution in [0.15, 0.2) is 42.7 Å². The van der Waals surface area contributed by atoms with Crippen molar-refractivity contribution < 1.29 is 13.2 Å². The van der Waals surface area contributed by atoms with Crippen molar-refractivity contribution in [2.24, 2.45) is 0 Å². The van der Waals surface area contributed by atoms with Crippen molar-refractivity contribution in [3.8, 4) is 0 Å². The largest absolute Gasteiger partial charge is 0.348 e. The fourth-order valence-corrected chi connectivity index (χ4v) is 4.59. The van der Waals surface area contributed by atoms with E-state index in [1.807, 2.05) is 12.1 Å². The quantitative estimate of drug-likeness (QED) is 0.885. The Labute approximate surface area is 151 Å². The van der Waals surface area contributed by atoms with Crippen LogP contribution in [-0.4, -0.2) is 31.6 Å². The van der Waals surface area contributed by atoms with Gasteiger partial charge < -0.3 is 5.32 Å². The fourth-order valence-electron chi connectivity index (χ4n) is 2.70. The molecule has 8 heteroatoms. The Morgan fingerprint density at radius 3 is 2.64 bits per heavy atom. The number of hydrogen-bond acceptors (Lipinski definition) is 4. The molecule has 1 fully saturated rings. The number of anilines is 1. The number of amides is 1. The molecule has 1 aromatic carbocycles. The SMILES string of the molecule is O=C(NCc1ccncc1)c1ccc(N2CCCCS2(=O)=O)cc1Cl. The fraction of sp³-hybridized carbons (Fsp3) is 0.294. The summed E-state index contributed by atoms with van der Waals surface area (Å²) in [6.45, 7) is 0.798. The zero-order valence-corrected chi connectivity index (χ0v) is 15.1. The number of sulfonamides is 1. The van der Waals surface area contributed by atoms with Crippen molar-refractivity contribution in [3.63, 3.8) is 0 Å². The van der Waals surface area contributed by atoms with Gasteiger partial charge >= 0.3 is 0 Å². The van der Waals surface area contributed by atoms with Gasteiger partial charge in [-0.15, -0.1) is 0 Å². The van der Waals surface area contributed by atoms with Gasteiger partial charge in [0, 0.05) is 25.5 Å². The number of aromatic nitrogens is 1. The smallest absolute Gasteiger partial charge is 0.253 e. The third kappa shape index (κ3) is 4.11. The number of nitrogens with zero attached hydrogens (tertiary/aromatic N) is 2. The van der Waals surface area contributed by atoms with E-state index < -0.39 is 10.0 Å². The van der Waals surface area contributed by atoms with Crippen LogP contribution in [-0.2, 0) is 16.6 Å². The van der Waals surface area contributed by atoms with Gasteiger partial charge in [-0.25, -0.2) is 8.42 Å². The van der Waals surface area contributed by atoms with E-state index in [2.05, 4.69) is 10.3 Å². The number of carbonyl (C=O) groups is 1. The maximum Gasteiger partial charge on any atom is 0.253 e. The maximum absolute atomic E-state index is 12.3. The van der Waals surface area contributed by atoms with Crippen LogP contribution in [0.1, 0.15) is 28.8 Å². The van der Waals surface area contributed by atoms with Crippen molar-refractivity contribution in [3.05, 3.63) is 58.9 Å². The summed E-state index contributed by atoms with van der Waals surface area (Å²) in [7, 11) is -3.30. The topological polar surface area (TPSA) is 79.4 Å². The Morgan fingerprint density at radius 1 is 1.20 bits per heavy atom. The zero-order chi connectivity index (χ0) is 17.9. The van der Waals surface area contributed by atoms with Crippen molar-refractivity contribution in [1.82, 2.24) is 10.3 Å². The van der Waals surface area contributed by atoms with Crippen LogP contribution < -0.4 is 9.62 Å². The monoisotopic (exact) mass is 379 g/mol. The minimum atomic E-state index is -3.30. The highest BCUT2D eigenvalue weighted by Gasteiger charge is 2.26. The van der Waals surface area contributed by atoms with E-state index in [0.717, 1.165) is 12.0 Å². The van der Waals surface area contributed by atoms with E-state index in [1.165, 1.54) is 10.4 Å². The Morgan fingerprint density at radius 2 is 1.96 bits per heavy atom. The van der Waals surface area contributed by atoms with Crippen molar-refractivity contribution in [2.75, 3.05) is 16.6 Å². The van der Waals surface area contributed by atoms with Gasteiger partial charge in [0.25, 0.3) is 5.91 Å². The maximum atomic E-state index is 12.3. The number of nitrogens with one attached hydrogen (secondary N) is 1. The molecule has 1 saturated heterocycles. The number of hydrogen-bond donors (Lipinski definition) is 1. The Kier molecular flexibility index (Phi) is 5.24. The summed E-state index contributed by atoms with van der Waals surface area (Å²) >= 11 is 6.23. The number of halogens is 1. The van der Waals surface area contributed by atoms with Crippen LogP contribution in [0.4, 0.5) is 5.69 Å². The molecule has 0 atom stereocenters. The predicted molar refractivity (Wildman–Crippen MR) is 97.2 cm³/mol. The molecule has 1 aromatic heterocycles. The molecule has 25 heavy (non-hydrogen) atoms. The lowest BCUT2D eigenvalue weighted by molar-refractivity contribution is 0.0951. The molecule has 2 aromatic rings. The molecule has 0 unspecified atom stereocenters. The minimum absolute atomic E-state index is 0.138. The molecule has 0 spiro atoms. The molecule has 1 aliphatic rings. The summed E-state index contributed by atoms with van der Waals surface area (Å²) < 4.78 is 25.7. The summed E-state index contributed by atoms with van der Waals surface area (Å²) in [5.74, 6) is -0.173. The average Bonchev–Trinajstić information content (AvgIpc) is 2.60. The lowest BCUT2D eigenvalue weighted by Crippen LogP contribution is -2.37. The second kappa shape index (κ2) is 7.41. The van der Waals surface area contributed by atoms with Crippen molar-refractivity contribution >= 4 is 33.2 Å². The molecule has 1 aliphatic heterocycles. The summed E-state index contributed by atoms with van der Waals surface area (Å²) in [5, 5.41) is 3.02. The summed E-state index contributed by atoms with van der Waals surface area (Å²) in [5.41, 5.74) is 1.74. The number of carbonyl (C=O) groups excluding carboxylic acids is 1. The van der Waals surface area contributed by atoms with Crippen LogP contribution >= 0.6 is 11.6 Å². The van der Waals surface area contributed by atoms with Gasteiger partial charge in [0.1, 0.15) is 0 Å². The minimum Gasteiger partial charge on any atom is -0.348 e. The molecule has 0 bridgehead atoms. The highest BCUT2D eigenvalue weighted by Crippen LogP contribution is 2.28. The molecule has 3 rings (SSSR count). The molecular weight excluding hydrogens is 362 g/mol. The van der Waals surface area contributed by atoms with E-state index in [0.29, 0.717) is 30.8 Å². The van der Waals surface area contributed by atoms with Gasteiger partial charge in [-0.05, 0) is 48.7 Å². The Bertz CT molecular complexity index is 872. The molecule has 1 amide bonds. The molecule has 2 heterocycles. The van der Waals surface area contributed by atoms with E-state index in [9.17, 15) is 13.2 Å². The third-order valence-corrected chi connectivity index (χ3v) is 6.22. The molecule has 1 N–H and O–H groups in total.